The Morgan fingerprint density at radius 3 is 3.00 bits per heavy atom. The van der Waals surface area contributed by atoms with Gasteiger partial charge in [0, 0.05) is 30.3 Å². The van der Waals surface area contributed by atoms with Crippen LogP contribution in [0, 0.1) is 0 Å². The zero-order valence-electron chi connectivity index (χ0n) is 10.7. The van der Waals surface area contributed by atoms with Gasteiger partial charge in [0.25, 0.3) is 0 Å². The SMILES string of the molecule is NC(=NO)C1CN(CCSc2ccccc2)CCO1. The molecule has 1 atom stereocenters. The number of benzene rings is 1. The zero-order chi connectivity index (χ0) is 13.5. The van der Waals surface area contributed by atoms with Crippen molar-refractivity contribution in [2.24, 2.45) is 10.9 Å². The molecule has 19 heavy (non-hydrogen) atoms. The van der Waals surface area contributed by atoms with Crippen LogP contribution >= 0.6 is 11.8 Å². The maximum Gasteiger partial charge on any atom is 0.169 e. The molecule has 1 saturated heterocycles. The summed E-state index contributed by atoms with van der Waals surface area (Å²) in [6.45, 7) is 3.17. The van der Waals surface area contributed by atoms with Crippen molar-refractivity contribution in [2.45, 2.75) is 11.0 Å². The minimum absolute atomic E-state index is 0.153. The van der Waals surface area contributed by atoms with E-state index in [4.69, 9.17) is 15.7 Å². The van der Waals surface area contributed by atoms with E-state index < -0.39 is 0 Å². The lowest BCUT2D eigenvalue weighted by atomic mass is 10.2. The second-order valence-corrected chi connectivity index (χ2v) is 5.51. The van der Waals surface area contributed by atoms with Gasteiger partial charge < -0.3 is 15.7 Å². The third-order valence-corrected chi connectivity index (χ3v) is 4.01. The first-order valence-corrected chi connectivity index (χ1v) is 7.27. The van der Waals surface area contributed by atoms with Crippen molar-refractivity contribution in [3.05, 3.63) is 30.3 Å². The summed E-state index contributed by atoms with van der Waals surface area (Å²) < 4.78 is 5.46. The van der Waals surface area contributed by atoms with E-state index in [0.717, 1.165) is 18.8 Å². The predicted molar refractivity (Wildman–Crippen MR) is 76.8 cm³/mol. The molecule has 0 spiro atoms. The van der Waals surface area contributed by atoms with Crippen LogP contribution in [0.5, 0.6) is 0 Å². The smallest absolute Gasteiger partial charge is 0.169 e. The summed E-state index contributed by atoms with van der Waals surface area (Å²) in [5.74, 6) is 1.17. The molecule has 6 heteroatoms. The third-order valence-electron chi connectivity index (χ3n) is 3.02. The molecule has 0 bridgehead atoms. The quantitative estimate of drug-likeness (QED) is 0.279. The second-order valence-electron chi connectivity index (χ2n) is 4.35. The molecule has 3 N–H and O–H groups in total. The van der Waals surface area contributed by atoms with Gasteiger partial charge in [0.2, 0.25) is 0 Å². The van der Waals surface area contributed by atoms with Gasteiger partial charge in [0.15, 0.2) is 5.84 Å². The maximum atomic E-state index is 8.66. The van der Waals surface area contributed by atoms with Crippen LogP contribution in [0.1, 0.15) is 0 Å². The van der Waals surface area contributed by atoms with Gasteiger partial charge in [-0.2, -0.15) is 0 Å². The van der Waals surface area contributed by atoms with Crippen LogP contribution in [0.15, 0.2) is 40.4 Å². The largest absolute Gasteiger partial charge is 0.409 e. The minimum atomic E-state index is -0.291. The van der Waals surface area contributed by atoms with E-state index in [1.807, 2.05) is 30.0 Å². The molecule has 1 fully saturated rings. The second kappa shape index (κ2) is 7.37. The fourth-order valence-electron chi connectivity index (χ4n) is 1.96. The van der Waals surface area contributed by atoms with E-state index in [0.29, 0.717) is 13.2 Å². The molecule has 0 saturated carbocycles. The molecule has 5 nitrogen and oxygen atoms in total. The van der Waals surface area contributed by atoms with E-state index in [-0.39, 0.29) is 11.9 Å². The predicted octanol–water partition coefficient (Wildman–Crippen LogP) is 1.23. The molecule has 0 amide bonds. The molecule has 1 aliphatic heterocycles. The lowest BCUT2D eigenvalue weighted by Gasteiger charge is -2.31. The summed E-state index contributed by atoms with van der Waals surface area (Å²) in [6.07, 6.45) is -0.291. The summed E-state index contributed by atoms with van der Waals surface area (Å²) in [4.78, 5) is 3.56. The first kappa shape index (κ1) is 14.2. The summed E-state index contributed by atoms with van der Waals surface area (Å²) in [7, 11) is 0. The Kier molecular flexibility index (Phi) is 5.50. The lowest BCUT2D eigenvalue weighted by molar-refractivity contribution is 0.00729. The lowest BCUT2D eigenvalue weighted by Crippen LogP contribution is -2.49. The molecule has 1 aromatic carbocycles. The Bertz CT molecular complexity index is 414. The number of nitrogens with zero attached hydrogens (tertiary/aromatic N) is 2. The molecule has 0 aromatic heterocycles. The summed E-state index contributed by atoms with van der Waals surface area (Å²) in [5, 5.41) is 11.7. The highest BCUT2D eigenvalue weighted by Crippen LogP contribution is 2.17. The average molecular weight is 281 g/mol. The summed E-state index contributed by atoms with van der Waals surface area (Å²) in [5.41, 5.74) is 5.57. The fraction of sp³-hybridized carbons (Fsp3) is 0.462. The average Bonchev–Trinajstić information content (AvgIpc) is 2.48. The highest BCUT2D eigenvalue weighted by atomic mass is 32.2. The van der Waals surface area contributed by atoms with Gasteiger partial charge in [-0.1, -0.05) is 23.4 Å². The van der Waals surface area contributed by atoms with Crippen molar-refractivity contribution in [2.75, 3.05) is 32.0 Å². The van der Waals surface area contributed by atoms with E-state index in [1.54, 1.807) is 0 Å². The number of morpholine rings is 1. The van der Waals surface area contributed by atoms with Gasteiger partial charge in [-0.05, 0) is 12.1 Å². The number of oxime groups is 1. The molecule has 1 aliphatic rings. The van der Waals surface area contributed by atoms with Crippen LogP contribution in [0.3, 0.4) is 0 Å². The Balaban J connectivity index is 1.74. The van der Waals surface area contributed by atoms with Crippen LogP contribution in [0.25, 0.3) is 0 Å². The van der Waals surface area contributed by atoms with Gasteiger partial charge in [0.05, 0.1) is 6.61 Å². The van der Waals surface area contributed by atoms with E-state index >= 15 is 0 Å². The van der Waals surface area contributed by atoms with Gasteiger partial charge in [-0.25, -0.2) is 0 Å². The Morgan fingerprint density at radius 2 is 2.26 bits per heavy atom. The number of amidine groups is 1. The number of nitrogens with two attached hydrogens (primary N) is 1. The molecule has 1 heterocycles. The van der Waals surface area contributed by atoms with Crippen molar-refractivity contribution < 1.29 is 9.94 Å². The first-order valence-electron chi connectivity index (χ1n) is 6.29. The molecule has 2 rings (SSSR count). The van der Waals surface area contributed by atoms with Crippen molar-refractivity contribution in [1.82, 2.24) is 4.90 Å². The standard InChI is InChI=1S/C13H19N3O2S/c14-13(15-17)12-10-16(6-8-18-12)7-9-19-11-4-2-1-3-5-11/h1-5,12,17H,6-10H2,(H2,14,15). The van der Waals surface area contributed by atoms with Crippen molar-refractivity contribution in [1.29, 1.82) is 0 Å². The molecular formula is C13H19N3O2S. The minimum Gasteiger partial charge on any atom is -0.409 e. The Morgan fingerprint density at radius 1 is 1.47 bits per heavy atom. The van der Waals surface area contributed by atoms with Gasteiger partial charge in [-0.3, -0.25) is 4.90 Å². The maximum absolute atomic E-state index is 8.66. The van der Waals surface area contributed by atoms with Crippen molar-refractivity contribution in [3.63, 3.8) is 0 Å². The zero-order valence-corrected chi connectivity index (χ0v) is 11.6. The summed E-state index contributed by atoms with van der Waals surface area (Å²) in [6, 6.07) is 10.3. The van der Waals surface area contributed by atoms with Crippen molar-refractivity contribution in [3.8, 4) is 0 Å². The van der Waals surface area contributed by atoms with E-state index in [1.165, 1.54) is 4.90 Å². The summed E-state index contributed by atoms with van der Waals surface area (Å²) >= 11 is 1.84. The Hall–Kier alpha value is -1.24. The van der Waals surface area contributed by atoms with Gasteiger partial charge in [0.1, 0.15) is 6.10 Å². The van der Waals surface area contributed by atoms with E-state index in [2.05, 4.69) is 22.2 Å². The monoisotopic (exact) mass is 281 g/mol. The normalized spacial score (nSPS) is 21.5. The number of hydrogen-bond acceptors (Lipinski definition) is 5. The Labute approximate surface area is 117 Å². The number of rotatable bonds is 5. The first-order chi connectivity index (χ1) is 9.29. The van der Waals surface area contributed by atoms with Crippen LogP contribution < -0.4 is 5.73 Å². The number of thioether (sulfide) groups is 1. The number of hydrogen-bond donors (Lipinski definition) is 2. The molecule has 0 radical (unpaired) electrons. The van der Waals surface area contributed by atoms with Crippen LogP contribution in [-0.2, 0) is 4.74 Å². The van der Waals surface area contributed by atoms with E-state index in [9.17, 15) is 0 Å². The molecule has 104 valence electrons. The molecule has 1 aromatic rings. The highest BCUT2D eigenvalue weighted by Gasteiger charge is 2.23. The van der Waals surface area contributed by atoms with Gasteiger partial charge in [-0.15, -0.1) is 11.8 Å². The van der Waals surface area contributed by atoms with Gasteiger partial charge >= 0.3 is 0 Å². The molecular weight excluding hydrogens is 262 g/mol. The van der Waals surface area contributed by atoms with Crippen molar-refractivity contribution >= 4 is 17.6 Å². The number of ether oxygens (including phenoxy) is 1. The fourth-order valence-corrected chi connectivity index (χ4v) is 2.89. The third kappa shape index (κ3) is 4.41. The van der Waals surface area contributed by atoms with Crippen LogP contribution in [-0.4, -0.2) is 54.0 Å². The van der Waals surface area contributed by atoms with Crippen LogP contribution in [0.4, 0.5) is 0 Å². The topological polar surface area (TPSA) is 71.1 Å². The molecule has 0 aliphatic carbocycles. The highest BCUT2D eigenvalue weighted by molar-refractivity contribution is 7.99. The molecule has 1 unspecified atom stereocenters. The van der Waals surface area contributed by atoms with Crippen LogP contribution in [0.2, 0.25) is 0 Å².